The molecule has 0 heterocycles. The first-order valence-corrected chi connectivity index (χ1v) is 6.92. The molecule has 0 saturated heterocycles. The van der Waals surface area contributed by atoms with E-state index < -0.39 is 0 Å². The SMILES string of the molecule is C=C(C)CNC(N)=NCc1ccc(C)cc1OCCOC.I. The van der Waals surface area contributed by atoms with Gasteiger partial charge in [0.1, 0.15) is 12.4 Å². The molecule has 0 fully saturated rings. The molecule has 0 atom stereocenters. The number of nitrogens with zero attached hydrogens (tertiary/aromatic N) is 1. The van der Waals surface area contributed by atoms with Crippen LogP contribution < -0.4 is 15.8 Å². The summed E-state index contributed by atoms with van der Waals surface area (Å²) in [6.07, 6.45) is 0. The zero-order valence-electron chi connectivity index (χ0n) is 13.5. The fourth-order valence-corrected chi connectivity index (χ4v) is 1.63. The summed E-state index contributed by atoms with van der Waals surface area (Å²) < 4.78 is 10.7. The summed E-state index contributed by atoms with van der Waals surface area (Å²) in [6.45, 7) is 9.93. The molecule has 22 heavy (non-hydrogen) atoms. The highest BCUT2D eigenvalue weighted by molar-refractivity contribution is 14.0. The van der Waals surface area contributed by atoms with Crippen molar-refractivity contribution >= 4 is 29.9 Å². The molecule has 124 valence electrons. The Morgan fingerprint density at radius 3 is 2.73 bits per heavy atom. The second kappa shape index (κ2) is 11.3. The lowest BCUT2D eigenvalue weighted by Crippen LogP contribution is -2.32. The number of aliphatic imine (C=N–C) groups is 1. The molecule has 0 radical (unpaired) electrons. The van der Waals surface area contributed by atoms with Crippen LogP contribution in [0.5, 0.6) is 5.75 Å². The lowest BCUT2D eigenvalue weighted by atomic mass is 10.1. The van der Waals surface area contributed by atoms with Crippen LogP contribution in [-0.2, 0) is 11.3 Å². The molecule has 0 aliphatic carbocycles. The molecule has 6 heteroatoms. The van der Waals surface area contributed by atoms with E-state index in [9.17, 15) is 0 Å². The minimum atomic E-state index is 0. The Balaban J connectivity index is 0.00000441. The Kier molecular flexibility index (Phi) is 10.7. The maximum atomic E-state index is 5.81. The number of hydrogen-bond acceptors (Lipinski definition) is 3. The van der Waals surface area contributed by atoms with E-state index in [0.29, 0.717) is 32.3 Å². The Hall–Kier alpha value is -1.28. The molecule has 0 bridgehead atoms. The number of rotatable bonds is 8. The zero-order chi connectivity index (χ0) is 15.7. The van der Waals surface area contributed by atoms with Crippen molar-refractivity contribution in [3.63, 3.8) is 0 Å². The van der Waals surface area contributed by atoms with E-state index in [1.54, 1.807) is 7.11 Å². The van der Waals surface area contributed by atoms with Gasteiger partial charge in [-0.2, -0.15) is 0 Å². The second-order valence-electron chi connectivity index (χ2n) is 4.96. The van der Waals surface area contributed by atoms with Gasteiger partial charge in [0.15, 0.2) is 5.96 Å². The van der Waals surface area contributed by atoms with Crippen LogP contribution in [0.2, 0.25) is 0 Å². The summed E-state index contributed by atoms with van der Waals surface area (Å²) in [5.41, 5.74) is 8.95. The fourth-order valence-electron chi connectivity index (χ4n) is 1.63. The standard InChI is InChI=1S/C16H25N3O2.HI/c1-12(2)10-18-16(17)19-11-14-6-5-13(3)9-15(14)21-8-7-20-4;/h5-6,9H,1,7-8,10-11H2,2-4H3,(H3,17,18,19);1H. The lowest BCUT2D eigenvalue weighted by molar-refractivity contribution is 0.146. The maximum Gasteiger partial charge on any atom is 0.189 e. The van der Waals surface area contributed by atoms with Crippen molar-refractivity contribution < 1.29 is 9.47 Å². The predicted molar refractivity (Wildman–Crippen MR) is 102 cm³/mol. The second-order valence-corrected chi connectivity index (χ2v) is 4.96. The molecule has 1 rings (SSSR count). The van der Waals surface area contributed by atoms with Gasteiger partial charge in [-0.1, -0.05) is 24.3 Å². The van der Waals surface area contributed by atoms with Gasteiger partial charge in [0.25, 0.3) is 0 Å². The van der Waals surface area contributed by atoms with Crippen LogP contribution in [0.3, 0.4) is 0 Å². The number of hydrogen-bond donors (Lipinski definition) is 2. The number of halogens is 1. The molecular formula is C16H26IN3O2. The van der Waals surface area contributed by atoms with Crippen LogP contribution in [0, 0.1) is 6.92 Å². The molecule has 0 unspecified atom stereocenters. The molecule has 0 spiro atoms. The maximum absolute atomic E-state index is 5.81. The number of guanidine groups is 1. The average Bonchev–Trinajstić information content (AvgIpc) is 2.44. The van der Waals surface area contributed by atoms with Gasteiger partial charge in [-0.05, 0) is 25.5 Å². The normalized spacial score (nSPS) is 10.8. The quantitative estimate of drug-likeness (QED) is 0.224. The lowest BCUT2D eigenvalue weighted by Gasteiger charge is -2.11. The van der Waals surface area contributed by atoms with E-state index in [1.165, 1.54) is 0 Å². The smallest absolute Gasteiger partial charge is 0.189 e. The van der Waals surface area contributed by atoms with Crippen molar-refractivity contribution in [2.45, 2.75) is 20.4 Å². The molecule has 1 aromatic rings. The third kappa shape index (κ3) is 8.23. The van der Waals surface area contributed by atoms with Gasteiger partial charge in [0.2, 0.25) is 0 Å². The van der Waals surface area contributed by atoms with Crippen LogP contribution in [0.15, 0.2) is 35.3 Å². The van der Waals surface area contributed by atoms with Crippen LogP contribution in [0.25, 0.3) is 0 Å². The van der Waals surface area contributed by atoms with Gasteiger partial charge in [-0.3, -0.25) is 0 Å². The van der Waals surface area contributed by atoms with Crippen molar-refractivity contribution in [2.24, 2.45) is 10.7 Å². The molecule has 3 N–H and O–H groups in total. The van der Waals surface area contributed by atoms with Gasteiger partial charge in [0.05, 0.1) is 13.2 Å². The summed E-state index contributed by atoms with van der Waals surface area (Å²) >= 11 is 0. The Labute approximate surface area is 150 Å². The van der Waals surface area contributed by atoms with Gasteiger partial charge in [-0.25, -0.2) is 4.99 Å². The van der Waals surface area contributed by atoms with Gasteiger partial charge in [-0.15, -0.1) is 24.0 Å². The van der Waals surface area contributed by atoms with E-state index in [4.69, 9.17) is 15.2 Å². The molecule has 0 aliphatic rings. The van der Waals surface area contributed by atoms with Crippen molar-refractivity contribution in [3.8, 4) is 5.75 Å². The minimum Gasteiger partial charge on any atom is -0.491 e. The van der Waals surface area contributed by atoms with E-state index in [2.05, 4.69) is 16.9 Å². The summed E-state index contributed by atoms with van der Waals surface area (Å²) in [6, 6.07) is 6.04. The molecule has 5 nitrogen and oxygen atoms in total. The number of aryl methyl sites for hydroxylation is 1. The highest BCUT2D eigenvalue weighted by Crippen LogP contribution is 2.21. The number of nitrogens with one attached hydrogen (secondary N) is 1. The van der Waals surface area contributed by atoms with E-state index in [-0.39, 0.29) is 24.0 Å². The number of ether oxygens (including phenoxy) is 2. The van der Waals surface area contributed by atoms with Crippen LogP contribution in [0.4, 0.5) is 0 Å². The van der Waals surface area contributed by atoms with Crippen LogP contribution in [0.1, 0.15) is 18.1 Å². The predicted octanol–water partition coefficient (Wildman–Crippen LogP) is 2.62. The molecule has 0 saturated carbocycles. The summed E-state index contributed by atoms with van der Waals surface area (Å²) in [5, 5.41) is 3.00. The molecule has 1 aromatic carbocycles. The Bertz CT molecular complexity index is 504. The van der Waals surface area contributed by atoms with E-state index >= 15 is 0 Å². The first kappa shape index (κ1) is 20.7. The number of methoxy groups -OCH3 is 1. The van der Waals surface area contributed by atoms with Crippen LogP contribution >= 0.6 is 24.0 Å². The van der Waals surface area contributed by atoms with Crippen LogP contribution in [-0.4, -0.2) is 32.8 Å². The minimum absolute atomic E-state index is 0. The van der Waals surface area contributed by atoms with Gasteiger partial charge < -0.3 is 20.5 Å². The van der Waals surface area contributed by atoms with Crippen molar-refractivity contribution in [2.75, 3.05) is 26.9 Å². The Morgan fingerprint density at radius 1 is 1.36 bits per heavy atom. The molecular weight excluding hydrogens is 393 g/mol. The monoisotopic (exact) mass is 419 g/mol. The zero-order valence-corrected chi connectivity index (χ0v) is 15.8. The molecule has 0 aromatic heterocycles. The number of benzene rings is 1. The Morgan fingerprint density at radius 2 is 2.09 bits per heavy atom. The van der Waals surface area contributed by atoms with Crippen molar-refractivity contribution in [3.05, 3.63) is 41.5 Å². The highest BCUT2D eigenvalue weighted by atomic mass is 127. The molecule has 0 amide bonds. The summed E-state index contributed by atoms with van der Waals surface area (Å²) in [7, 11) is 1.65. The average molecular weight is 419 g/mol. The third-order valence-corrected chi connectivity index (χ3v) is 2.76. The molecule has 0 aliphatic heterocycles. The summed E-state index contributed by atoms with van der Waals surface area (Å²) in [4.78, 5) is 4.32. The fraction of sp³-hybridized carbons (Fsp3) is 0.438. The van der Waals surface area contributed by atoms with Crippen molar-refractivity contribution in [1.82, 2.24) is 5.32 Å². The van der Waals surface area contributed by atoms with Gasteiger partial charge >= 0.3 is 0 Å². The topological polar surface area (TPSA) is 68.9 Å². The van der Waals surface area contributed by atoms with Crippen molar-refractivity contribution in [1.29, 1.82) is 0 Å². The largest absolute Gasteiger partial charge is 0.491 e. The van der Waals surface area contributed by atoms with Gasteiger partial charge in [0, 0.05) is 19.2 Å². The van der Waals surface area contributed by atoms with E-state index in [0.717, 1.165) is 22.4 Å². The third-order valence-electron chi connectivity index (χ3n) is 2.76. The highest BCUT2D eigenvalue weighted by Gasteiger charge is 2.04. The first-order valence-electron chi connectivity index (χ1n) is 6.92. The summed E-state index contributed by atoms with van der Waals surface area (Å²) in [5.74, 6) is 1.23. The first-order chi connectivity index (χ1) is 10.0. The number of nitrogens with two attached hydrogens (primary N) is 1. The van der Waals surface area contributed by atoms with E-state index in [1.807, 2.05) is 32.0 Å².